The summed E-state index contributed by atoms with van der Waals surface area (Å²) in [5.41, 5.74) is -2.52. The molecule has 0 radical (unpaired) electrons. The van der Waals surface area contributed by atoms with Crippen molar-refractivity contribution in [1.29, 1.82) is 0 Å². The third-order valence-electron chi connectivity index (χ3n) is 2.47. The van der Waals surface area contributed by atoms with E-state index in [1.807, 2.05) is 0 Å². The minimum atomic E-state index is -1.82. The molecule has 0 spiro atoms. The van der Waals surface area contributed by atoms with E-state index in [2.05, 4.69) is 0 Å². The molecule has 0 aliphatic rings. The van der Waals surface area contributed by atoms with Crippen molar-refractivity contribution in [2.75, 3.05) is 14.1 Å². The second kappa shape index (κ2) is 5.04. The van der Waals surface area contributed by atoms with Crippen LogP contribution < -0.4 is 0 Å². The van der Waals surface area contributed by atoms with Crippen molar-refractivity contribution in [3.05, 3.63) is 0 Å². The first kappa shape index (κ1) is 15.9. The van der Waals surface area contributed by atoms with E-state index in [1.54, 1.807) is 34.9 Å². The Balaban J connectivity index is 4.89. The van der Waals surface area contributed by atoms with E-state index in [0.717, 1.165) is 0 Å². The van der Waals surface area contributed by atoms with Gasteiger partial charge in [0.05, 0.1) is 5.92 Å². The van der Waals surface area contributed by atoms with Gasteiger partial charge in [0.2, 0.25) is 5.91 Å². The second-order valence-electron chi connectivity index (χ2n) is 5.60. The van der Waals surface area contributed by atoms with Gasteiger partial charge in [0.1, 0.15) is 5.60 Å². The minimum Gasteiger partial charge on any atom is -0.458 e. The molecule has 0 aromatic rings. The Bertz CT molecular complexity index is 302. The zero-order valence-corrected chi connectivity index (χ0v) is 11.7. The highest BCUT2D eigenvalue weighted by atomic mass is 16.6. The van der Waals surface area contributed by atoms with Gasteiger partial charge in [0, 0.05) is 14.1 Å². The highest BCUT2D eigenvalue weighted by Gasteiger charge is 2.44. The summed E-state index contributed by atoms with van der Waals surface area (Å²) in [6, 6.07) is 0. The fourth-order valence-corrected chi connectivity index (χ4v) is 1.19. The van der Waals surface area contributed by atoms with Crippen molar-refractivity contribution in [3.8, 4) is 0 Å². The van der Waals surface area contributed by atoms with Gasteiger partial charge in [-0.1, -0.05) is 6.92 Å². The molecule has 0 aliphatic heterocycles. The smallest absolute Gasteiger partial charge is 0.339 e. The Morgan fingerprint density at radius 2 is 1.59 bits per heavy atom. The van der Waals surface area contributed by atoms with Crippen LogP contribution >= 0.6 is 0 Å². The summed E-state index contributed by atoms with van der Waals surface area (Å²) in [5, 5.41) is 10.1. The lowest BCUT2D eigenvalue weighted by atomic mass is 9.89. The van der Waals surface area contributed by atoms with Crippen LogP contribution in [0.2, 0.25) is 0 Å². The first-order valence-electron chi connectivity index (χ1n) is 5.56. The van der Waals surface area contributed by atoms with Crippen LogP contribution in [0.1, 0.15) is 34.6 Å². The predicted octanol–water partition coefficient (Wildman–Crippen LogP) is 0.803. The molecule has 17 heavy (non-hydrogen) atoms. The molecule has 0 fully saturated rings. The number of rotatable bonds is 3. The average Bonchev–Trinajstić information content (AvgIpc) is 2.12. The molecule has 0 saturated heterocycles. The van der Waals surface area contributed by atoms with Crippen LogP contribution in [0.15, 0.2) is 0 Å². The molecule has 0 rings (SSSR count). The van der Waals surface area contributed by atoms with Crippen molar-refractivity contribution < 1.29 is 19.4 Å². The molecule has 0 heterocycles. The van der Waals surface area contributed by atoms with E-state index in [9.17, 15) is 14.7 Å². The summed E-state index contributed by atoms with van der Waals surface area (Å²) in [6.45, 7) is 7.93. The van der Waals surface area contributed by atoms with Gasteiger partial charge in [-0.05, 0) is 27.7 Å². The molecule has 0 saturated carbocycles. The van der Waals surface area contributed by atoms with Crippen LogP contribution in [0.25, 0.3) is 0 Å². The number of hydrogen-bond donors (Lipinski definition) is 1. The molecule has 0 unspecified atom stereocenters. The number of aliphatic hydroxyl groups is 1. The van der Waals surface area contributed by atoms with Crippen LogP contribution in [0.4, 0.5) is 0 Å². The quantitative estimate of drug-likeness (QED) is 0.747. The fourth-order valence-electron chi connectivity index (χ4n) is 1.19. The standard InChI is InChI=1S/C12H23NO4/c1-8(9(14)13(6)7)12(5,16)10(15)17-11(2,3)4/h8,16H,1-7H3/t8-,12-/m1/s1. The molecule has 1 amide bonds. The SMILES string of the molecule is C[C@H](C(=O)N(C)C)[C@@](C)(O)C(=O)OC(C)(C)C. The molecule has 5 heteroatoms. The van der Waals surface area contributed by atoms with Crippen molar-refractivity contribution in [3.63, 3.8) is 0 Å². The zero-order valence-electron chi connectivity index (χ0n) is 11.7. The first-order valence-corrected chi connectivity index (χ1v) is 5.56. The molecular formula is C12H23NO4. The van der Waals surface area contributed by atoms with Crippen molar-refractivity contribution in [1.82, 2.24) is 4.90 Å². The molecule has 0 aromatic heterocycles. The van der Waals surface area contributed by atoms with E-state index in [0.29, 0.717) is 0 Å². The van der Waals surface area contributed by atoms with Gasteiger partial charge in [-0.3, -0.25) is 4.79 Å². The van der Waals surface area contributed by atoms with Crippen LogP contribution in [0.5, 0.6) is 0 Å². The number of carbonyl (C=O) groups excluding carboxylic acids is 2. The normalized spacial score (nSPS) is 16.9. The molecule has 0 aliphatic carbocycles. The number of hydrogen-bond acceptors (Lipinski definition) is 4. The Kier molecular flexibility index (Phi) is 4.71. The van der Waals surface area contributed by atoms with Crippen LogP contribution in [-0.2, 0) is 14.3 Å². The number of ether oxygens (including phenoxy) is 1. The van der Waals surface area contributed by atoms with Gasteiger partial charge in [-0.25, -0.2) is 4.79 Å². The lowest BCUT2D eigenvalue weighted by Gasteiger charge is -2.32. The number of nitrogens with zero attached hydrogens (tertiary/aromatic N) is 1. The van der Waals surface area contributed by atoms with Crippen molar-refractivity contribution >= 4 is 11.9 Å². The van der Waals surface area contributed by atoms with Gasteiger partial charge >= 0.3 is 5.97 Å². The van der Waals surface area contributed by atoms with Gasteiger partial charge < -0.3 is 14.7 Å². The Hall–Kier alpha value is -1.10. The van der Waals surface area contributed by atoms with Crippen LogP contribution in [-0.4, -0.2) is 47.2 Å². The van der Waals surface area contributed by atoms with E-state index in [4.69, 9.17) is 4.74 Å². The fraction of sp³-hybridized carbons (Fsp3) is 0.833. The molecule has 0 bridgehead atoms. The van der Waals surface area contributed by atoms with Gasteiger partial charge in [-0.2, -0.15) is 0 Å². The Labute approximate surface area is 103 Å². The highest BCUT2D eigenvalue weighted by molar-refractivity contribution is 5.89. The lowest BCUT2D eigenvalue weighted by molar-refractivity contribution is -0.183. The number of esters is 1. The van der Waals surface area contributed by atoms with Gasteiger partial charge in [-0.15, -0.1) is 0 Å². The molecule has 100 valence electrons. The predicted molar refractivity (Wildman–Crippen MR) is 64.3 cm³/mol. The molecule has 0 aromatic carbocycles. The molecule has 2 atom stereocenters. The summed E-state index contributed by atoms with van der Waals surface area (Å²) in [4.78, 5) is 24.9. The van der Waals surface area contributed by atoms with E-state index in [1.165, 1.54) is 18.7 Å². The monoisotopic (exact) mass is 245 g/mol. The average molecular weight is 245 g/mol. The van der Waals surface area contributed by atoms with E-state index >= 15 is 0 Å². The maximum Gasteiger partial charge on any atom is 0.339 e. The number of carbonyl (C=O) groups is 2. The maximum atomic E-state index is 11.8. The summed E-state index contributed by atoms with van der Waals surface area (Å²) < 4.78 is 5.09. The summed E-state index contributed by atoms with van der Waals surface area (Å²) in [5.74, 6) is -1.96. The second-order valence-corrected chi connectivity index (χ2v) is 5.60. The third kappa shape index (κ3) is 4.34. The minimum absolute atomic E-state index is 0.319. The van der Waals surface area contributed by atoms with Gasteiger partial charge in [0.25, 0.3) is 0 Å². The van der Waals surface area contributed by atoms with Crippen molar-refractivity contribution in [2.45, 2.75) is 45.8 Å². The Morgan fingerprint density at radius 1 is 1.18 bits per heavy atom. The third-order valence-corrected chi connectivity index (χ3v) is 2.47. The molecular weight excluding hydrogens is 222 g/mol. The summed E-state index contributed by atoms with van der Waals surface area (Å²) >= 11 is 0. The number of amides is 1. The molecule has 1 N–H and O–H groups in total. The van der Waals surface area contributed by atoms with E-state index < -0.39 is 23.1 Å². The lowest BCUT2D eigenvalue weighted by Crippen LogP contribution is -2.50. The first-order chi connectivity index (χ1) is 7.39. The highest BCUT2D eigenvalue weighted by Crippen LogP contribution is 2.23. The largest absolute Gasteiger partial charge is 0.458 e. The van der Waals surface area contributed by atoms with Crippen LogP contribution in [0.3, 0.4) is 0 Å². The van der Waals surface area contributed by atoms with Gasteiger partial charge in [0.15, 0.2) is 5.60 Å². The summed E-state index contributed by atoms with van der Waals surface area (Å²) in [7, 11) is 3.15. The van der Waals surface area contributed by atoms with Crippen LogP contribution in [0, 0.1) is 5.92 Å². The zero-order chi connectivity index (χ0) is 14.0. The maximum absolute atomic E-state index is 11.8. The van der Waals surface area contributed by atoms with E-state index in [-0.39, 0.29) is 5.91 Å². The summed E-state index contributed by atoms with van der Waals surface area (Å²) in [6.07, 6.45) is 0. The Morgan fingerprint density at radius 3 is 1.88 bits per heavy atom. The topological polar surface area (TPSA) is 66.8 Å². The molecule has 5 nitrogen and oxygen atoms in total. The van der Waals surface area contributed by atoms with Crippen molar-refractivity contribution in [2.24, 2.45) is 5.92 Å².